The smallest absolute Gasteiger partial charge is 0.0985 e. The Bertz CT molecular complexity index is 641. The summed E-state index contributed by atoms with van der Waals surface area (Å²) in [5.41, 5.74) is 3.61. The van der Waals surface area contributed by atoms with Crippen molar-refractivity contribution in [3.63, 3.8) is 0 Å². The number of nitrogens with zero attached hydrogens (tertiary/aromatic N) is 1. The topological polar surface area (TPSA) is 24.9 Å². The Morgan fingerprint density at radius 2 is 1.90 bits per heavy atom. The number of aryl methyl sites for hydroxylation is 2. The molecule has 2 aromatic rings. The predicted molar refractivity (Wildman–Crippen MR) is 96.5 cm³/mol. The van der Waals surface area contributed by atoms with Crippen molar-refractivity contribution < 1.29 is 0 Å². The van der Waals surface area contributed by atoms with Gasteiger partial charge in [0.15, 0.2) is 0 Å². The third-order valence-corrected chi connectivity index (χ3v) is 6.25. The van der Waals surface area contributed by atoms with Crippen molar-refractivity contribution in [2.75, 3.05) is 5.32 Å². The van der Waals surface area contributed by atoms with Gasteiger partial charge in [-0.3, -0.25) is 0 Å². The summed E-state index contributed by atoms with van der Waals surface area (Å²) >= 11 is 5.48. The minimum absolute atomic E-state index is 0.108. The molecule has 1 aromatic carbocycles. The summed E-state index contributed by atoms with van der Waals surface area (Å²) in [4.78, 5) is 6.06. The molecular weight excluding hydrogens is 344 g/mol. The van der Waals surface area contributed by atoms with Gasteiger partial charge in [-0.15, -0.1) is 11.3 Å². The first-order valence-electron chi connectivity index (χ1n) is 7.19. The normalized spacial score (nSPS) is 13.3. The fraction of sp³-hybridized carbons (Fsp3) is 0.471. The second-order valence-corrected chi connectivity index (χ2v) is 8.34. The largest absolute Gasteiger partial charge is 0.377 e. The lowest BCUT2D eigenvalue weighted by Gasteiger charge is -2.17. The van der Waals surface area contributed by atoms with Crippen LogP contribution in [0.15, 0.2) is 22.7 Å². The molecule has 0 saturated heterocycles. The molecule has 4 heteroatoms. The molecule has 0 aliphatic carbocycles. The molecule has 2 rings (SSSR count). The zero-order valence-corrected chi connectivity index (χ0v) is 15.9. The van der Waals surface area contributed by atoms with Crippen molar-refractivity contribution in [1.29, 1.82) is 0 Å². The average Bonchev–Trinajstić information content (AvgIpc) is 2.77. The number of nitrogens with one attached hydrogen (secondary N) is 1. The van der Waals surface area contributed by atoms with E-state index in [-0.39, 0.29) is 11.5 Å². The first kappa shape index (κ1) is 16.5. The summed E-state index contributed by atoms with van der Waals surface area (Å²) in [6.45, 7) is 13.0. The molecule has 0 spiro atoms. The Morgan fingerprint density at radius 1 is 1.24 bits per heavy atom. The van der Waals surface area contributed by atoms with E-state index in [0.29, 0.717) is 0 Å². The Hall–Kier alpha value is -0.870. The fourth-order valence-corrected chi connectivity index (χ4v) is 3.69. The van der Waals surface area contributed by atoms with Crippen LogP contribution in [0.3, 0.4) is 0 Å². The highest BCUT2D eigenvalue weighted by Gasteiger charge is 2.22. The molecule has 2 nitrogen and oxygen atoms in total. The Morgan fingerprint density at radius 3 is 2.48 bits per heavy atom. The summed E-state index contributed by atoms with van der Waals surface area (Å²) in [6, 6.07) is 6.54. The highest BCUT2D eigenvalue weighted by Crippen LogP contribution is 2.35. The molecule has 0 aliphatic rings. The zero-order chi connectivity index (χ0) is 15.8. The van der Waals surface area contributed by atoms with Crippen LogP contribution in [0.2, 0.25) is 0 Å². The van der Waals surface area contributed by atoms with Gasteiger partial charge >= 0.3 is 0 Å². The number of halogens is 1. The van der Waals surface area contributed by atoms with Crippen LogP contribution in [0.5, 0.6) is 0 Å². The number of aromatic nitrogens is 1. The molecule has 0 saturated carbocycles. The van der Waals surface area contributed by atoms with Crippen LogP contribution >= 0.6 is 27.3 Å². The second kappa shape index (κ2) is 6.09. The standard InChI is InChI=1S/C17H23BrN2S/c1-10-8-7-9-13(14(10)18)19-11(2)15-12(3)20-16(21-15)17(4,5)6/h7-9,11,19H,1-6H3. The summed E-state index contributed by atoms with van der Waals surface area (Å²) in [6.07, 6.45) is 0. The van der Waals surface area contributed by atoms with E-state index in [2.05, 4.69) is 81.0 Å². The lowest BCUT2D eigenvalue weighted by Crippen LogP contribution is -2.10. The third-order valence-electron chi connectivity index (χ3n) is 3.43. The fourth-order valence-electron chi connectivity index (χ4n) is 2.19. The highest BCUT2D eigenvalue weighted by molar-refractivity contribution is 9.10. The van der Waals surface area contributed by atoms with Gasteiger partial charge in [0.25, 0.3) is 0 Å². The number of thiazole rings is 1. The van der Waals surface area contributed by atoms with Crippen molar-refractivity contribution in [3.8, 4) is 0 Å². The van der Waals surface area contributed by atoms with E-state index < -0.39 is 0 Å². The highest BCUT2D eigenvalue weighted by atomic mass is 79.9. The molecule has 0 bridgehead atoms. The van der Waals surface area contributed by atoms with Gasteiger partial charge < -0.3 is 5.32 Å². The number of anilines is 1. The maximum atomic E-state index is 4.75. The number of benzene rings is 1. The molecule has 0 fully saturated rings. The van der Waals surface area contributed by atoms with E-state index in [0.717, 1.165) is 15.9 Å². The Balaban J connectivity index is 2.27. The molecule has 0 amide bonds. The van der Waals surface area contributed by atoms with Crippen LogP contribution < -0.4 is 5.32 Å². The molecule has 0 radical (unpaired) electrons. The minimum atomic E-state index is 0.108. The SMILES string of the molecule is Cc1cccc(NC(C)c2sc(C(C)(C)C)nc2C)c1Br. The van der Waals surface area contributed by atoms with E-state index >= 15 is 0 Å². The van der Waals surface area contributed by atoms with Gasteiger partial charge in [-0.1, -0.05) is 32.9 Å². The first-order chi connectivity index (χ1) is 9.70. The predicted octanol–water partition coefficient (Wildman–Crippen LogP) is 5.99. The third kappa shape index (κ3) is 3.67. The summed E-state index contributed by atoms with van der Waals surface area (Å²) in [5, 5.41) is 4.80. The van der Waals surface area contributed by atoms with Gasteiger partial charge in [-0.25, -0.2) is 4.98 Å². The van der Waals surface area contributed by atoms with Gasteiger partial charge in [0.2, 0.25) is 0 Å². The molecule has 1 N–H and O–H groups in total. The maximum Gasteiger partial charge on any atom is 0.0985 e. The van der Waals surface area contributed by atoms with E-state index in [1.54, 1.807) is 0 Å². The lowest BCUT2D eigenvalue weighted by atomic mass is 9.98. The van der Waals surface area contributed by atoms with Crippen LogP contribution in [0, 0.1) is 13.8 Å². The lowest BCUT2D eigenvalue weighted by molar-refractivity contribution is 0.584. The molecule has 0 aliphatic heterocycles. The number of hydrogen-bond acceptors (Lipinski definition) is 3. The molecule has 1 atom stereocenters. The Kier molecular flexibility index (Phi) is 4.79. The van der Waals surface area contributed by atoms with Crippen LogP contribution in [0.25, 0.3) is 0 Å². The number of hydrogen-bond donors (Lipinski definition) is 1. The molecular formula is C17H23BrN2S. The Labute approximate surface area is 140 Å². The van der Waals surface area contributed by atoms with E-state index in [1.807, 2.05) is 11.3 Å². The van der Waals surface area contributed by atoms with Crippen LogP contribution in [-0.4, -0.2) is 4.98 Å². The molecule has 1 aromatic heterocycles. The maximum absolute atomic E-state index is 4.75. The zero-order valence-electron chi connectivity index (χ0n) is 13.5. The van der Waals surface area contributed by atoms with Crippen molar-refractivity contribution in [2.24, 2.45) is 0 Å². The molecule has 21 heavy (non-hydrogen) atoms. The van der Waals surface area contributed by atoms with Crippen molar-refractivity contribution in [1.82, 2.24) is 4.98 Å². The van der Waals surface area contributed by atoms with Gasteiger partial charge in [0, 0.05) is 20.5 Å². The van der Waals surface area contributed by atoms with Crippen LogP contribution in [0.4, 0.5) is 5.69 Å². The second-order valence-electron chi connectivity index (χ2n) is 6.52. The van der Waals surface area contributed by atoms with E-state index in [1.165, 1.54) is 15.4 Å². The van der Waals surface area contributed by atoms with Crippen molar-refractivity contribution in [2.45, 2.75) is 53.0 Å². The van der Waals surface area contributed by atoms with E-state index in [4.69, 9.17) is 4.98 Å². The molecule has 114 valence electrons. The van der Waals surface area contributed by atoms with Crippen LogP contribution in [-0.2, 0) is 5.41 Å². The van der Waals surface area contributed by atoms with E-state index in [9.17, 15) is 0 Å². The van der Waals surface area contributed by atoms with Crippen molar-refractivity contribution >= 4 is 33.0 Å². The summed E-state index contributed by atoms with van der Waals surface area (Å²) < 4.78 is 1.13. The quantitative estimate of drug-likeness (QED) is 0.720. The van der Waals surface area contributed by atoms with Gasteiger partial charge in [0.1, 0.15) is 0 Å². The monoisotopic (exact) mass is 366 g/mol. The first-order valence-corrected chi connectivity index (χ1v) is 8.80. The summed E-state index contributed by atoms with van der Waals surface area (Å²) in [5.74, 6) is 0. The van der Waals surface area contributed by atoms with Crippen molar-refractivity contribution in [3.05, 3.63) is 43.8 Å². The van der Waals surface area contributed by atoms with Gasteiger partial charge in [-0.2, -0.15) is 0 Å². The van der Waals surface area contributed by atoms with Gasteiger partial charge in [0.05, 0.1) is 16.7 Å². The molecule has 1 unspecified atom stereocenters. The summed E-state index contributed by atoms with van der Waals surface area (Å²) in [7, 11) is 0. The van der Waals surface area contributed by atoms with Gasteiger partial charge in [-0.05, 0) is 48.3 Å². The number of rotatable bonds is 3. The average molecular weight is 367 g/mol. The minimum Gasteiger partial charge on any atom is -0.377 e. The molecule has 1 heterocycles. The van der Waals surface area contributed by atoms with Crippen LogP contribution in [0.1, 0.15) is 54.9 Å².